The fraction of sp³-hybridized carbons (Fsp3) is 0.214. The summed E-state index contributed by atoms with van der Waals surface area (Å²) in [5.74, 6) is -0.556. The fourth-order valence-corrected chi connectivity index (χ4v) is 1.74. The average Bonchev–Trinajstić information content (AvgIpc) is 2.50. The van der Waals surface area contributed by atoms with E-state index >= 15 is 0 Å². The topological polar surface area (TPSA) is 94.0 Å². The second kappa shape index (κ2) is 9.66. The van der Waals surface area contributed by atoms with E-state index in [9.17, 15) is 9.59 Å². The first-order valence-electron chi connectivity index (χ1n) is 6.35. The number of hydrogen-bond acceptors (Lipinski definition) is 4. The molecule has 0 saturated carbocycles. The van der Waals surface area contributed by atoms with Gasteiger partial charge < -0.3 is 16.0 Å². The Hall–Kier alpha value is -2.23. The Morgan fingerprint density at radius 1 is 1.23 bits per heavy atom. The van der Waals surface area contributed by atoms with Gasteiger partial charge in [0, 0.05) is 25.0 Å². The van der Waals surface area contributed by atoms with Crippen LogP contribution >= 0.6 is 23.2 Å². The van der Waals surface area contributed by atoms with Crippen molar-refractivity contribution in [3.8, 4) is 6.07 Å². The number of carbonyl (C=O) groups is 2. The molecule has 8 heteroatoms. The van der Waals surface area contributed by atoms with Gasteiger partial charge in [0.15, 0.2) is 0 Å². The highest BCUT2D eigenvalue weighted by atomic mass is 35.5. The first-order chi connectivity index (χ1) is 10.6. The van der Waals surface area contributed by atoms with Crippen LogP contribution in [0.25, 0.3) is 0 Å². The summed E-state index contributed by atoms with van der Waals surface area (Å²) in [4.78, 5) is 22.0. The average molecular weight is 341 g/mol. The highest BCUT2D eigenvalue weighted by Crippen LogP contribution is 2.25. The SMILES string of the molecule is N#C/C(=C/NCCCNC=O)C(=O)Nc1ccc(Cl)c(Cl)c1. The van der Waals surface area contributed by atoms with Gasteiger partial charge in [-0.15, -0.1) is 0 Å². The third kappa shape index (κ3) is 6.04. The molecular weight excluding hydrogens is 327 g/mol. The zero-order valence-electron chi connectivity index (χ0n) is 11.5. The molecule has 0 radical (unpaired) electrons. The summed E-state index contributed by atoms with van der Waals surface area (Å²) in [5.41, 5.74) is 0.366. The first-order valence-corrected chi connectivity index (χ1v) is 7.11. The molecule has 0 bridgehead atoms. The summed E-state index contributed by atoms with van der Waals surface area (Å²) in [6.07, 6.45) is 2.61. The Kier molecular flexibility index (Phi) is 7.83. The summed E-state index contributed by atoms with van der Waals surface area (Å²) >= 11 is 11.6. The minimum atomic E-state index is -0.556. The maximum atomic E-state index is 11.9. The number of nitrogens with one attached hydrogen (secondary N) is 3. The van der Waals surface area contributed by atoms with Gasteiger partial charge in [-0.1, -0.05) is 23.2 Å². The van der Waals surface area contributed by atoms with Crippen molar-refractivity contribution in [2.75, 3.05) is 18.4 Å². The molecule has 22 heavy (non-hydrogen) atoms. The fourth-order valence-electron chi connectivity index (χ4n) is 1.45. The second-order valence-electron chi connectivity index (χ2n) is 4.13. The Morgan fingerprint density at radius 3 is 2.59 bits per heavy atom. The molecule has 0 heterocycles. The number of amides is 2. The van der Waals surface area contributed by atoms with Crippen LogP contribution in [0.1, 0.15) is 6.42 Å². The Labute approximate surface area is 138 Å². The highest BCUT2D eigenvalue weighted by molar-refractivity contribution is 6.42. The van der Waals surface area contributed by atoms with Crippen LogP contribution in [-0.2, 0) is 9.59 Å². The summed E-state index contributed by atoms with van der Waals surface area (Å²) in [5, 5.41) is 17.6. The molecule has 116 valence electrons. The molecule has 0 fully saturated rings. The van der Waals surface area contributed by atoms with Crippen molar-refractivity contribution >= 4 is 41.2 Å². The lowest BCUT2D eigenvalue weighted by Crippen LogP contribution is -2.20. The number of hydrogen-bond donors (Lipinski definition) is 3. The molecule has 0 spiro atoms. The lowest BCUT2D eigenvalue weighted by Gasteiger charge is -2.06. The van der Waals surface area contributed by atoms with Crippen molar-refractivity contribution in [2.24, 2.45) is 0 Å². The normalized spacial score (nSPS) is 10.5. The van der Waals surface area contributed by atoms with Crippen LogP contribution in [0.2, 0.25) is 10.0 Å². The van der Waals surface area contributed by atoms with Crippen LogP contribution in [0.15, 0.2) is 30.0 Å². The van der Waals surface area contributed by atoms with Crippen molar-refractivity contribution in [3.05, 3.63) is 40.0 Å². The number of anilines is 1. The zero-order valence-corrected chi connectivity index (χ0v) is 13.0. The Balaban J connectivity index is 2.55. The van der Waals surface area contributed by atoms with Gasteiger partial charge in [0.05, 0.1) is 10.0 Å². The van der Waals surface area contributed by atoms with Gasteiger partial charge in [-0.05, 0) is 24.6 Å². The third-order valence-electron chi connectivity index (χ3n) is 2.51. The first kappa shape index (κ1) is 17.8. The molecule has 0 aliphatic heterocycles. The lowest BCUT2D eigenvalue weighted by atomic mass is 10.2. The summed E-state index contributed by atoms with van der Waals surface area (Å²) < 4.78 is 0. The van der Waals surface area contributed by atoms with Gasteiger partial charge in [-0.3, -0.25) is 9.59 Å². The minimum absolute atomic E-state index is 0.0746. The lowest BCUT2D eigenvalue weighted by molar-refractivity contribution is -0.112. The number of nitrogens with zero attached hydrogens (tertiary/aromatic N) is 1. The molecule has 6 nitrogen and oxygen atoms in total. The standard InChI is InChI=1S/C14H14Cl2N4O2/c15-12-3-2-11(6-13(12)16)20-14(22)10(7-17)8-18-4-1-5-19-9-21/h2-3,6,8-9,18H,1,4-5H2,(H,19,21)(H,20,22)/b10-8-. The van der Waals surface area contributed by atoms with Gasteiger partial charge in [0.25, 0.3) is 5.91 Å². The van der Waals surface area contributed by atoms with E-state index in [0.29, 0.717) is 41.7 Å². The van der Waals surface area contributed by atoms with Crippen LogP contribution < -0.4 is 16.0 Å². The molecule has 0 unspecified atom stereocenters. The van der Waals surface area contributed by atoms with E-state index in [-0.39, 0.29) is 5.57 Å². The maximum Gasteiger partial charge on any atom is 0.267 e. The van der Waals surface area contributed by atoms with E-state index < -0.39 is 5.91 Å². The van der Waals surface area contributed by atoms with Crippen molar-refractivity contribution in [1.82, 2.24) is 10.6 Å². The van der Waals surface area contributed by atoms with Gasteiger partial charge in [0.2, 0.25) is 6.41 Å². The van der Waals surface area contributed by atoms with Gasteiger partial charge in [-0.2, -0.15) is 5.26 Å². The van der Waals surface area contributed by atoms with E-state index in [1.807, 2.05) is 0 Å². The predicted octanol–water partition coefficient (Wildman–Crippen LogP) is 2.07. The van der Waals surface area contributed by atoms with Crippen molar-refractivity contribution in [1.29, 1.82) is 5.26 Å². The van der Waals surface area contributed by atoms with Crippen LogP contribution in [0.5, 0.6) is 0 Å². The van der Waals surface area contributed by atoms with Crippen LogP contribution in [-0.4, -0.2) is 25.4 Å². The number of benzene rings is 1. The van der Waals surface area contributed by atoms with Crippen LogP contribution in [0, 0.1) is 11.3 Å². The Morgan fingerprint density at radius 2 is 1.95 bits per heavy atom. The quantitative estimate of drug-likeness (QED) is 0.292. The molecule has 0 aromatic heterocycles. The largest absolute Gasteiger partial charge is 0.390 e. The minimum Gasteiger partial charge on any atom is -0.390 e. The molecule has 3 N–H and O–H groups in total. The molecule has 1 rings (SSSR count). The smallest absolute Gasteiger partial charge is 0.267 e. The Bertz CT molecular complexity index is 611. The van der Waals surface area contributed by atoms with Gasteiger partial charge in [0.1, 0.15) is 11.6 Å². The van der Waals surface area contributed by atoms with Crippen molar-refractivity contribution in [3.63, 3.8) is 0 Å². The van der Waals surface area contributed by atoms with E-state index in [1.54, 1.807) is 18.2 Å². The molecule has 0 saturated heterocycles. The molecular formula is C14H14Cl2N4O2. The van der Waals surface area contributed by atoms with Crippen molar-refractivity contribution < 1.29 is 9.59 Å². The zero-order chi connectivity index (χ0) is 16.4. The monoisotopic (exact) mass is 340 g/mol. The van der Waals surface area contributed by atoms with Crippen LogP contribution in [0.3, 0.4) is 0 Å². The second-order valence-corrected chi connectivity index (χ2v) is 4.95. The van der Waals surface area contributed by atoms with E-state index in [0.717, 1.165) is 0 Å². The molecule has 1 aromatic carbocycles. The van der Waals surface area contributed by atoms with E-state index in [1.165, 1.54) is 12.3 Å². The molecule has 0 atom stereocenters. The van der Waals surface area contributed by atoms with Crippen LogP contribution in [0.4, 0.5) is 5.69 Å². The van der Waals surface area contributed by atoms with Gasteiger partial charge >= 0.3 is 0 Å². The summed E-state index contributed by atoms with van der Waals surface area (Å²) in [6, 6.07) is 6.43. The van der Waals surface area contributed by atoms with Gasteiger partial charge in [-0.25, -0.2) is 0 Å². The molecule has 2 amide bonds. The highest BCUT2D eigenvalue weighted by Gasteiger charge is 2.10. The van der Waals surface area contributed by atoms with E-state index in [2.05, 4.69) is 16.0 Å². The molecule has 0 aliphatic rings. The number of halogens is 2. The number of carbonyl (C=O) groups excluding carboxylic acids is 2. The predicted molar refractivity (Wildman–Crippen MR) is 85.5 cm³/mol. The van der Waals surface area contributed by atoms with E-state index in [4.69, 9.17) is 28.5 Å². The summed E-state index contributed by atoms with van der Waals surface area (Å²) in [7, 11) is 0. The maximum absolute atomic E-state index is 11.9. The summed E-state index contributed by atoms with van der Waals surface area (Å²) in [6.45, 7) is 1.04. The molecule has 0 aliphatic carbocycles. The number of nitriles is 1. The third-order valence-corrected chi connectivity index (χ3v) is 3.25. The van der Waals surface area contributed by atoms with Crippen molar-refractivity contribution in [2.45, 2.75) is 6.42 Å². The number of rotatable bonds is 8. The molecule has 1 aromatic rings.